The third-order valence-corrected chi connectivity index (χ3v) is 2.32. The van der Waals surface area contributed by atoms with Gasteiger partial charge in [0.2, 0.25) is 5.69 Å². The van der Waals surface area contributed by atoms with Crippen molar-refractivity contribution < 1.29 is 4.85 Å². The molecule has 1 heterocycles. The molecule has 84 valence electrons. The first kappa shape index (κ1) is 11.7. The van der Waals surface area contributed by atoms with E-state index in [9.17, 15) is 10.0 Å². The Kier molecular flexibility index (Phi) is 4.27. The molecule has 0 atom stereocenters. The number of aryl methyl sites for hydroxylation is 2. The van der Waals surface area contributed by atoms with Crippen LogP contribution >= 0.6 is 0 Å². The molecule has 0 unspecified atom stereocenters. The second-order valence-electron chi connectivity index (χ2n) is 3.68. The summed E-state index contributed by atoms with van der Waals surface area (Å²) in [6.07, 6.45) is 5.97. The van der Waals surface area contributed by atoms with Gasteiger partial charge in [0.15, 0.2) is 0 Å². The van der Waals surface area contributed by atoms with E-state index in [4.69, 9.17) is 0 Å². The summed E-state index contributed by atoms with van der Waals surface area (Å²) < 4.78 is 1.50. The van der Waals surface area contributed by atoms with Crippen LogP contribution in [0.5, 0.6) is 0 Å². The van der Waals surface area contributed by atoms with Crippen LogP contribution < -0.4 is 10.5 Å². The minimum Gasteiger partial charge on any atom is -0.594 e. The van der Waals surface area contributed by atoms with Crippen LogP contribution in [0.15, 0.2) is 11.0 Å². The van der Waals surface area contributed by atoms with E-state index in [0.717, 1.165) is 12.8 Å². The van der Waals surface area contributed by atoms with Crippen molar-refractivity contribution in [3.8, 4) is 0 Å². The molecule has 0 aliphatic carbocycles. The fourth-order valence-corrected chi connectivity index (χ4v) is 1.41. The largest absolute Gasteiger partial charge is 0.594 e. The van der Waals surface area contributed by atoms with Crippen LogP contribution in [0.3, 0.4) is 0 Å². The van der Waals surface area contributed by atoms with Crippen LogP contribution in [-0.4, -0.2) is 9.67 Å². The quantitative estimate of drug-likeness (QED) is 0.410. The normalized spacial score (nSPS) is 10.5. The molecule has 0 saturated heterocycles. The van der Waals surface area contributed by atoms with E-state index >= 15 is 0 Å². The average Bonchev–Trinajstić information content (AvgIpc) is 2.20. The van der Waals surface area contributed by atoms with Crippen molar-refractivity contribution in [3.63, 3.8) is 0 Å². The van der Waals surface area contributed by atoms with Crippen LogP contribution in [-0.2, 0) is 6.54 Å². The maximum Gasteiger partial charge on any atom is 0.409 e. The topological polar surface area (TPSA) is 61.8 Å². The molecule has 1 aromatic heterocycles. The third-order valence-electron chi connectivity index (χ3n) is 2.32. The Hall–Kier alpha value is -1.39. The molecule has 0 bridgehead atoms. The molecule has 5 nitrogen and oxygen atoms in total. The molecule has 1 aromatic rings. The van der Waals surface area contributed by atoms with E-state index in [1.54, 1.807) is 13.1 Å². The maximum absolute atomic E-state index is 11.3. The van der Waals surface area contributed by atoms with Gasteiger partial charge >= 0.3 is 5.69 Å². The van der Waals surface area contributed by atoms with Crippen LogP contribution in [0.2, 0.25) is 0 Å². The summed E-state index contributed by atoms with van der Waals surface area (Å²) >= 11 is 0. The van der Waals surface area contributed by atoms with Crippen molar-refractivity contribution in [1.29, 1.82) is 0 Å². The summed E-state index contributed by atoms with van der Waals surface area (Å²) in [5, 5.41) is 14.3. The Morgan fingerprint density at radius 2 is 2.20 bits per heavy atom. The number of hydrogen-bond donors (Lipinski definition) is 0. The SMILES string of the molecule is CCCCCCn1cc(C)[n+]([O-])nc1=O. The van der Waals surface area contributed by atoms with E-state index in [1.807, 2.05) is 0 Å². The zero-order valence-corrected chi connectivity index (χ0v) is 9.27. The van der Waals surface area contributed by atoms with Gasteiger partial charge in [0.1, 0.15) is 0 Å². The highest BCUT2D eigenvalue weighted by Gasteiger charge is 2.06. The lowest BCUT2D eigenvalue weighted by molar-refractivity contribution is -0.678. The fourth-order valence-electron chi connectivity index (χ4n) is 1.41. The molecule has 1 rings (SSSR count). The monoisotopic (exact) mass is 211 g/mol. The Balaban J connectivity index is 2.61. The summed E-state index contributed by atoms with van der Waals surface area (Å²) in [5.41, 5.74) is -0.0165. The first-order valence-electron chi connectivity index (χ1n) is 5.33. The van der Waals surface area contributed by atoms with Crippen LogP contribution in [0, 0.1) is 12.1 Å². The van der Waals surface area contributed by atoms with Gasteiger partial charge in [-0.1, -0.05) is 26.2 Å². The standard InChI is InChI=1S/C10H17N3O2/c1-3-4-5-6-7-12-8-9(2)13(15)11-10(12)14/h8H,3-7H2,1-2H3. The zero-order chi connectivity index (χ0) is 11.3. The molecular weight excluding hydrogens is 194 g/mol. The summed E-state index contributed by atoms with van der Waals surface area (Å²) in [5.74, 6) is 0. The smallest absolute Gasteiger partial charge is 0.409 e. The lowest BCUT2D eigenvalue weighted by atomic mass is 10.2. The van der Waals surface area contributed by atoms with Crippen molar-refractivity contribution >= 4 is 0 Å². The minimum absolute atomic E-state index is 0.366. The molecule has 0 saturated carbocycles. The van der Waals surface area contributed by atoms with Gasteiger partial charge in [-0.2, -0.15) is 0 Å². The summed E-state index contributed by atoms with van der Waals surface area (Å²) in [4.78, 5) is 11.7. The van der Waals surface area contributed by atoms with Gasteiger partial charge in [-0.25, -0.2) is 4.79 Å². The second-order valence-corrected chi connectivity index (χ2v) is 3.68. The van der Waals surface area contributed by atoms with Crippen molar-refractivity contribution in [2.45, 2.75) is 46.1 Å². The first-order chi connectivity index (χ1) is 7.15. The van der Waals surface area contributed by atoms with Gasteiger partial charge in [-0.3, -0.25) is 4.57 Å². The van der Waals surface area contributed by atoms with E-state index < -0.39 is 5.69 Å². The highest BCUT2D eigenvalue weighted by atomic mass is 16.5. The maximum atomic E-state index is 11.3. The number of unbranched alkanes of at least 4 members (excludes halogenated alkanes) is 3. The van der Waals surface area contributed by atoms with Crippen molar-refractivity contribution in [2.24, 2.45) is 0 Å². The average molecular weight is 211 g/mol. The van der Waals surface area contributed by atoms with Crippen LogP contribution in [0.4, 0.5) is 0 Å². The molecule has 0 aliphatic rings. The molecule has 0 radical (unpaired) electrons. The third kappa shape index (κ3) is 3.34. The number of hydrogen-bond acceptors (Lipinski definition) is 3. The molecule has 0 spiro atoms. The van der Waals surface area contributed by atoms with Gasteiger partial charge in [0.05, 0.1) is 11.3 Å². The molecular formula is C10H17N3O2. The molecule has 0 aromatic carbocycles. The van der Waals surface area contributed by atoms with Crippen LogP contribution in [0.1, 0.15) is 38.3 Å². The zero-order valence-electron chi connectivity index (χ0n) is 9.27. The molecule has 15 heavy (non-hydrogen) atoms. The minimum atomic E-state index is -0.466. The fraction of sp³-hybridized carbons (Fsp3) is 0.700. The van der Waals surface area contributed by atoms with Gasteiger partial charge in [-0.05, 0) is 11.3 Å². The van der Waals surface area contributed by atoms with Gasteiger partial charge < -0.3 is 5.21 Å². The molecule has 0 amide bonds. The Bertz CT molecular complexity index is 373. The lowest BCUT2D eigenvalue weighted by Gasteiger charge is -2.04. The molecule has 0 N–H and O–H groups in total. The van der Waals surface area contributed by atoms with E-state index in [0.29, 0.717) is 17.1 Å². The highest BCUT2D eigenvalue weighted by Crippen LogP contribution is 2.00. The van der Waals surface area contributed by atoms with Gasteiger partial charge in [0, 0.05) is 13.5 Å². The van der Waals surface area contributed by atoms with E-state index in [1.165, 1.54) is 17.4 Å². The highest BCUT2D eigenvalue weighted by molar-refractivity contribution is 4.82. The lowest BCUT2D eigenvalue weighted by Crippen LogP contribution is -2.44. The van der Waals surface area contributed by atoms with E-state index in [-0.39, 0.29) is 0 Å². The van der Waals surface area contributed by atoms with Crippen molar-refractivity contribution in [3.05, 3.63) is 27.6 Å². The van der Waals surface area contributed by atoms with Crippen LogP contribution in [0.25, 0.3) is 0 Å². The summed E-state index contributed by atoms with van der Waals surface area (Å²) in [6.45, 7) is 4.43. The molecule has 5 heteroatoms. The van der Waals surface area contributed by atoms with Gasteiger partial charge in [0.25, 0.3) is 0 Å². The number of rotatable bonds is 5. The summed E-state index contributed by atoms with van der Waals surface area (Å²) in [6, 6.07) is 0. The van der Waals surface area contributed by atoms with E-state index in [2.05, 4.69) is 12.0 Å². The second kappa shape index (κ2) is 5.48. The summed E-state index contributed by atoms with van der Waals surface area (Å²) in [7, 11) is 0. The molecule has 0 aliphatic heterocycles. The van der Waals surface area contributed by atoms with Crippen molar-refractivity contribution in [1.82, 2.24) is 9.67 Å². The van der Waals surface area contributed by atoms with Gasteiger partial charge in [-0.15, -0.1) is 0 Å². The Morgan fingerprint density at radius 1 is 1.47 bits per heavy atom. The van der Waals surface area contributed by atoms with Crippen molar-refractivity contribution in [2.75, 3.05) is 0 Å². The number of aromatic nitrogens is 3. The Morgan fingerprint density at radius 3 is 2.87 bits per heavy atom. The number of nitrogens with zero attached hydrogens (tertiary/aromatic N) is 3. The first-order valence-corrected chi connectivity index (χ1v) is 5.33. The predicted molar refractivity (Wildman–Crippen MR) is 56.3 cm³/mol. The molecule has 0 fully saturated rings. The predicted octanol–water partition coefficient (Wildman–Crippen LogP) is 0.765. The Labute approximate surface area is 88.9 Å².